The highest BCUT2D eigenvalue weighted by Crippen LogP contribution is 2.31. The minimum absolute atomic E-state index is 0.0157. The van der Waals surface area contributed by atoms with Gasteiger partial charge in [-0.3, -0.25) is 19.7 Å². The van der Waals surface area contributed by atoms with Crippen LogP contribution in [0.1, 0.15) is 23.1 Å². The van der Waals surface area contributed by atoms with E-state index in [4.69, 9.17) is 0 Å². The second kappa shape index (κ2) is 6.95. The summed E-state index contributed by atoms with van der Waals surface area (Å²) in [7, 11) is 0. The molecular formula is C19H19N3O4. The van der Waals surface area contributed by atoms with Gasteiger partial charge in [-0.2, -0.15) is 0 Å². The van der Waals surface area contributed by atoms with Gasteiger partial charge in [-0.05, 0) is 43.0 Å². The summed E-state index contributed by atoms with van der Waals surface area (Å²) in [4.78, 5) is 36.7. The van der Waals surface area contributed by atoms with E-state index >= 15 is 0 Å². The van der Waals surface area contributed by atoms with Gasteiger partial charge in [-0.1, -0.05) is 18.2 Å². The third-order valence-electron chi connectivity index (χ3n) is 4.52. The van der Waals surface area contributed by atoms with Gasteiger partial charge in [-0.25, -0.2) is 0 Å². The molecule has 0 spiro atoms. The Morgan fingerprint density at radius 1 is 1.19 bits per heavy atom. The van der Waals surface area contributed by atoms with E-state index in [-0.39, 0.29) is 30.5 Å². The standard InChI is InChI=1S/C19H19N3O4/c1-12-4-3-5-13(2)19(12)20-17(23)11-21-16-8-7-15(22(25)26)10-14(16)6-9-18(21)24/h3-5,7-8,10H,6,9,11H2,1-2H3,(H,20,23). The van der Waals surface area contributed by atoms with Crippen molar-refractivity contribution in [2.24, 2.45) is 0 Å². The number of anilines is 2. The van der Waals surface area contributed by atoms with Crippen LogP contribution in [0.2, 0.25) is 0 Å². The average molecular weight is 353 g/mol. The lowest BCUT2D eigenvalue weighted by molar-refractivity contribution is -0.384. The molecule has 0 radical (unpaired) electrons. The summed E-state index contributed by atoms with van der Waals surface area (Å²) in [5, 5.41) is 13.8. The van der Waals surface area contributed by atoms with E-state index in [0.717, 1.165) is 16.8 Å². The summed E-state index contributed by atoms with van der Waals surface area (Å²) < 4.78 is 0. The Morgan fingerprint density at radius 2 is 1.88 bits per heavy atom. The van der Waals surface area contributed by atoms with Crippen LogP contribution < -0.4 is 10.2 Å². The van der Waals surface area contributed by atoms with Gasteiger partial charge >= 0.3 is 0 Å². The van der Waals surface area contributed by atoms with Crippen molar-refractivity contribution in [1.82, 2.24) is 0 Å². The van der Waals surface area contributed by atoms with Crippen LogP contribution in [0.5, 0.6) is 0 Å². The molecule has 0 bridgehead atoms. The maximum Gasteiger partial charge on any atom is 0.269 e. The topological polar surface area (TPSA) is 92.6 Å². The van der Waals surface area contributed by atoms with Crippen LogP contribution in [0.25, 0.3) is 0 Å². The zero-order valence-corrected chi connectivity index (χ0v) is 14.6. The Balaban J connectivity index is 1.82. The van der Waals surface area contributed by atoms with Crippen molar-refractivity contribution in [3.05, 3.63) is 63.2 Å². The minimum Gasteiger partial charge on any atom is -0.324 e. The number of carbonyl (C=O) groups excluding carboxylic acids is 2. The third-order valence-corrected chi connectivity index (χ3v) is 4.52. The molecule has 0 saturated heterocycles. The van der Waals surface area contributed by atoms with Crippen molar-refractivity contribution >= 4 is 28.9 Å². The third kappa shape index (κ3) is 3.42. The first-order valence-electron chi connectivity index (χ1n) is 8.30. The van der Waals surface area contributed by atoms with Crippen LogP contribution in [0.4, 0.5) is 17.1 Å². The molecule has 0 fully saturated rings. The Kier molecular flexibility index (Phi) is 4.71. The van der Waals surface area contributed by atoms with E-state index in [9.17, 15) is 19.7 Å². The van der Waals surface area contributed by atoms with E-state index < -0.39 is 4.92 Å². The molecule has 0 aliphatic carbocycles. The van der Waals surface area contributed by atoms with Gasteiger partial charge in [0.2, 0.25) is 11.8 Å². The molecule has 0 atom stereocenters. The fourth-order valence-electron chi connectivity index (χ4n) is 3.17. The van der Waals surface area contributed by atoms with E-state index in [0.29, 0.717) is 17.7 Å². The Labute approximate surface area is 150 Å². The summed E-state index contributed by atoms with van der Waals surface area (Å²) in [6.45, 7) is 3.68. The molecule has 1 aliphatic heterocycles. The highest BCUT2D eigenvalue weighted by Gasteiger charge is 2.27. The largest absolute Gasteiger partial charge is 0.324 e. The fraction of sp³-hybridized carbons (Fsp3) is 0.263. The molecule has 0 saturated carbocycles. The molecule has 1 aliphatic rings. The lowest BCUT2D eigenvalue weighted by Crippen LogP contribution is -2.41. The van der Waals surface area contributed by atoms with Gasteiger partial charge in [-0.15, -0.1) is 0 Å². The maximum absolute atomic E-state index is 12.5. The van der Waals surface area contributed by atoms with Gasteiger partial charge in [0.25, 0.3) is 5.69 Å². The lowest BCUT2D eigenvalue weighted by atomic mass is 10.0. The molecule has 2 amide bonds. The summed E-state index contributed by atoms with van der Waals surface area (Å²) in [6.07, 6.45) is 0.662. The van der Waals surface area contributed by atoms with Crippen molar-refractivity contribution < 1.29 is 14.5 Å². The maximum atomic E-state index is 12.5. The van der Waals surface area contributed by atoms with Crippen LogP contribution in [-0.4, -0.2) is 23.3 Å². The number of nitrogens with one attached hydrogen (secondary N) is 1. The highest BCUT2D eigenvalue weighted by molar-refractivity contribution is 6.04. The van der Waals surface area contributed by atoms with Crippen molar-refractivity contribution in [2.75, 3.05) is 16.8 Å². The number of para-hydroxylation sites is 1. The normalized spacial score (nSPS) is 13.3. The molecule has 1 heterocycles. The van der Waals surface area contributed by atoms with Gasteiger partial charge in [0.1, 0.15) is 6.54 Å². The van der Waals surface area contributed by atoms with E-state index in [1.54, 1.807) is 0 Å². The van der Waals surface area contributed by atoms with E-state index in [2.05, 4.69) is 5.32 Å². The first-order valence-corrected chi connectivity index (χ1v) is 8.30. The number of non-ortho nitro benzene ring substituents is 1. The quantitative estimate of drug-likeness (QED) is 0.675. The van der Waals surface area contributed by atoms with Gasteiger partial charge in [0.15, 0.2) is 0 Å². The molecule has 2 aromatic rings. The first-order chi connectivity index (χ1) is 12.4. The molecule has 2 aromatic carbocycles. The summed E-state index contributed by atoms with van der Waals surface area (Å²) in [6, 6.07) is 10.1. The molecule has 26 heavy (non-hydrogen) atoms. The smallest absolute Gasteiger partial charge is 0.269 e. The Morgan fingerprint density at radius 3 is 2.54 bits per heavy atom. The molecule has 1 N–H and O–H groups in total. The number of hydrogen-bond acceptors (Lipinski definition) is 4. The van der Waals surface area contributed by atoms with Crippen LogP contribution in [0.15, 0.2) is 36.4 Å². The number of hydrogen-bond donors (Lipinski definition) is 1. The Bertz CT molecular complexity index is 887. The summed E-state index contributed by atoms with van der Waals surface area (Å²) in [5.41, 5.74) is 3.88. The number of rotatable bonds is 4. The molecular weight excluding hydrogens is 334 g/mol. The Hall–Kier alpha value is -3.22. The fourth-order valence-corrected chi connectivity index (χ4v) is 3.17. The second-order valence-electron chi connectivity index (χ2n) is 6.36. The van der Waals surface area contributed by atoms with Crippen molar-refractivity contribution in [3.63, 3.8) is 0 Å². The average Bonchev–Trinajstić information content (AvgIpc) is 2.60. The SMILES string of the molecule is Cc1cccc(C)c1NC(=O)CN1C(=O)CCc2cc([N+](=O)[O-])ccc21. The molecule has 0 aromatic heterocycles. The molecule has 7 heteroatoms. The van der Waals surface area contributed by atoms with Crippen LogP contribution >= 0.6 is 0 Å². The molecule has 7 nitrogen and oxygen atoms in total. The number of carbonyl (C=O) groups is 2. The van der Waals surface area contributed by atoms with Gasteiger partial charge in [0.05, 0.1) is 4.92 Å². The minimum atomic E-state index is -0.464. The van der Waals surface area contributed by atoms with Crippen LogP contribution in [0.3, 0.4) is 0 Å². The summed E-state index contributed by atoms with van der Waals surface area (Å²) in [5.74, 6) is -0.468. The van der Waals surface area contributed by atoms with Crippen molar-refractivity contribution in [1.29, 1.82) is 0 Å². The number of nitro benzene ring substituents is 1. The molecule has 134 valence electrons. The van der Waals surface area contributed by atoms with Crippen molar-refractivity contribution in [3.8, 4) is 0 Å². The van der Waals surface area contributed by atoms with Gasteiger partial charge < -0.3 is 10.2 Å². The zero-order valence-electron chi connectivity index (χ0n) is 14.6. The molecule has 0 unspecified atom stereocenters. The van der Waals surface area contributed by atoms with Crippen molar-refractivity contribution in [2.45, 2.75) is 26.7 Å². The molecule has 3 rings (SSSR count). The number of amides is 2. The van der Waals surface area contributed by atoms with E-state index in [1.807, 2.05) is 32.0 Å². The number of fused-ring (bicyclic) bond motifs is 1. The predicted molar refractivity (Wildman–Crippen MR) is 98.3 cm³/mol. The first kappa shape index (κ1) is 17.6. The highest BCUT2D eigenvalue weighted by atomic mass is 16.6. The van der Waals surface area contributed by atoms with Crippen LogP contribution in [0, 0.1) is 24.0 Å². The van der Waals surface area contributed by atoms with Gasteiger partial charge in [0, 0.05) is 29.9 Å². The van der Waals surface area contributed by atoms with E-state index in [1.165, 1.54) is 23.1 Å². The predicted octanol–water partition coefficient (Wildman–Crippen LogP) is 3.13. The monoisotopic (exact) mass is 353 g/mol. The summed E-state index contributed by atoms with van der Waals surface area (Å²) >= 11 is 0. The van der Waals surface area contributed by atoms with Crippen LogP contribution in [-0.2, 0) is 16.0 Å². The number of benzene rings is 2. The lowest BCUT2D eigenvalue weighted by Gasteiger charge is -2.29. The second-order valence-corrected chi connectivity index (χ2v) is 6.36. The number of nitrogens with zero attached hydrogens (tertiary/aromatic N) is 2. The number of nitro groups is 1. The zero-order chi connectivity index (χ0) is 18.8. The number of aryl methyl sites for hydroxylation is 3.